The molecule has 0 saturated carbocycles. The van der Waals surface area contributed by atoms with E-state index in [0.717, 1.165) is 17.9 Å². The molecule has 1 atom stereocenters. The molecule has 20 heavy (non-hydrogen) atoms. The third-order valence-electron chi connectivity index (χ3n) is 3.50. The highest BCUT2D eigenvalue weighted by Gasteiger charge is 2.20. The molecule has 3 aromatic heterocycles. The number of nitrogens with zero attached hydrogens (tertiary/aromatic N) is 3. The summed E-state index contributed by atoms with van der Waals surface area (Å²) in [6.07, 6.45) is 4.95. The van der Waals surface area contributed by atoms with Crippen molar-refractivity contribution >= 4 is 22.7 Å². The van der Waals surface area contributed by atoms with Crippen LogP contribution in [0.25, 0.3) is 11.4 Å². The fourth-order valence-electron chi connectivity index (χ4n) is 2.31. The molecule has 0 aliphatic carbocycles. The summed E-state index contributed by atoms with van der Waals surface area (Å²) in [4.78, 5) is 10.6. The van der Waals surface area contributed by atoms with E-state index in [1.807, 2.05) is 6.20 Å². The molecule has 5 heteroatoms. The Balaban J connectivity index is 2.04. The third kappa shape index (κ3) is 2.31. The molecule has 0 spiro atoms. The van der Waals surface area contributed by atoms with E-state index in [1.165, 1.54) is 15.4 Å². The Hall–Kier alpha value is -1.46. The number of thiophene rings is 1. The highest BCUT2D eigenvalue weighted by Crippen LogP contribution is 2.32. The number of thiazole rings is 1. The van der Waals surface area contributed by atoms with Crippen LogP contribution in [-0.4, -0.2) is 14.5 Å². The van der Waals surface area contributed by atoms with Gasteiger partial charge in [0, 0.05) is 28.2 Å². The first-order valence-electron chi connectivity index (χ1n) is 6.70. The van der Waals surface area contributed by atoms with Crippen molar-refractivity contribution in [3.8, 4) is 11.4 Å². The van der Waals surface area contributed by atoms with Crippen LogP contribution in [-0.2, 0) is 0 Å². The van der Waals surface area contributed by atoms with Gasteiger partial charge in [0.05, 0.1) is 11.7 Å². The van der Waals surface area contributed by atoms with Crippen LogP contribution >= 0.6 is 22.7 Å². The molecule has 0 aromatic carbocycles. The van der Waals surface area contributed by atoms with E-state index in [9.17, 15) is 0 Å². The van der Waals surface area contributed by atoms with Crippen molar-refractivity contribution < 1.29 is 0 Å². The number of imidazole rings is 1. The van der Waals surface area contributed by atoms with Gasteiger partial charge in [0.2, 0.25) is 0 Å². The zero-order valence-electron chi connectivity index (χ0n) is 11.8. The maximum Gasteiger partial charge on any atom is 0.141 e. The molecule has 3 heterocycles. The van der Waals surface area contributed by atoms with Crippen LogP contribution in [0.5, 0.6) is 0 Å². The van der Waals surface area contributed by atoms with Crippen molar-refractivity contribution in [2.45, 2.75) is 33.2 Å². The molecule has 0 aliphatic heterocycles. The zero-order valence-corrected chi connectivity index (χ0v) is 13.5. The summed E-state index contributed by atoms with van der Waals surface area (Å²) in [6, 6.07) is 2.39. The highest BCUT2D eigenvalue weighted by atomic mass is 32.1. The van der Waals surface area contributed by atoms with Gasteiger partial charge in [-0.25, -0.2) is 9.97 Å². The van der Waals surface area contributed by atoms with Crippen LogP contribution in [0.3, 0.4) is 0 Å². The molecule has 0 radical (unpaired) electrons. The smallest absolute Gasteiger partial charge is 0.141 e. The first-order valence-corrected chi connectivity index (χ1v) is 8.46. The Labute approximate surface area is 127 Å². The second kappa shape index (κ2) is 5.50. The molecule has 0 fully saturated rings. The summed E-state index contributed by atoms with van der Waals surface area (Å²) in [5.41, 5.74) is 2.32. The Morgan fingerprint density at radius 2 is 2.20 bits per heavy atom. The lowest BCUT2D eigenvalue weighted by Crippen LogP contribution is -2.10. The lowest BCUT2D eigenvalue weighted by atomic mass is 10.2. The normalized spacial score (nSPS) is 12.8. The number of hydrogen-bond acceptors (Lipinski definition) is 4. The maximum absolute atomic E-state index is 4.73. The molecule has 0 N–H and O–H groups in total. The molecule has 3 nitrogen and oxygen atoms in total. The summed E-state index contributed by atoms with van der Waals surface area (Å²) < 4.78 is 2.25. The van der Waals surface area contributed by atoms with Gasteiger partial charge in [0.1, 0.15) is 10.8 Å². The largest absolute Gasteiger partial charge is 0.321 e. The van der Waals surface area contributed by atoms with E-state index in [1.54, 1.807) is 22.7 Å². The standard InChI is InChI=1S/C15H17N3S2/c1-4-13(15-17-10(2)11(3)20-15)18-7-6-16-14(18)12-5-8-19-9-12/h5-9,13H,4H2,1-3H3. The van der Waals surface area contributed by atoms with Gasteiger partial charge in [0.15, 0.2) is 0 Å². The van der Waals surface area contributed by atoms with Gasteiger partial charge in [-0.1, -0.05) is 6.92 Å². The first-order chi connectivity index (χ1) is 9.70. The zero-order chi connectivity index (χ0) is 14.1. The van der Waals surface area contributed by atoms with Crippen LogP contribution < -0.4 is 0 Å². The van der Waals surface area contributed by atoms with Gasteiger partial charge >= 0.3 is 0 Å². The van der Waals surface area contributed by atoms with Crippen molar-refractivity contribution in [1.82, 2.24) is 14.5 Å². The summed E-state index contributed by atoms with van der Waals surface area (Å²) in [5.74, 6) is 1.03. The van der Waals surface area contributed by atoms with Crippen LogP contribution in [0.15, 0.2) is 29.2 Å². The second-order valence-corrected chi connectivity index (χ2v) is 6.80. The van der Waals surface area contributed by atoms with Gasteiger partial charge < -0.3 is 4.57 Å². The highest BCUT2D eigenvalue weighted by molar-refractivity contribution is 7.11. The molecule has 0 saturated heterocycles. The van der Waals surface area contributed by atoms with E-state index in [-0.39, 0.29) is 6.04 Å². The minimum Gasteiger partial charge on any atom is -0.321 e. The van der Waals surface area contributed by atoms with Crippen molar-refractivity contribution in [3.63, 3.8) is 0 Å². The quantitative estimate of drug-likeness (QED) is 0.700. The molecular formula is C15H17N3S2. The maximum atomic E-state index is 4.73. The van der Waals surface area contributed by atoms with E-state index in [0.29, 0.717) is 0 Å². The monoisotopic (exact) mass is 303 g/mol. The molecular weight excluding hydrogens is 286 g/mol. The minimum atomic E-state index is 0.268. The fourth-order valence-corrected chi connectivity index (χ4v) is 4.05. The third-order valence-corrected chi connectivity index (χ3v) is 5.36. The van der Waals surface area contributed by atoms with Gasteiger partial charge in [-0.15, -0.1) is 11.3 Å². The van der Waals surface area contributed by atoms with Gasteiger partial charge in [-0.2, -0.15) is 11.3 Å². The predicted octanol–water partition coefficient (Wildman–Crippen LogP) is 4.68. The lowest BCUT2D eigenvalue weighted by Gasteiger charge is -2.16. The first kappa shape index (κ1) is 13.5. The molecule has 104 valence electrons. The van der Waals surface area contributed by atoms with E-state index in [4.69, 9.17) is 4.98 Å². The van der Waals surface area contributed by atoms with Gasteiger partial charge in [0.25, 0.3) is 0 Å². The van der Waals surface area contributed by atoms with E-state index in [2.05, 4.69) is 53.3 Å². The average Bonchev–Trinajstić information content (AvgIpc) is 3.13. The van der Waals surface area contributed by atoms with Gasteiger partial charge in [-0.05, 0) is 31.7 Å². The molecule has 1 unspecified atom stereocenters. The topological polar surface area (TPSA) is 30.7 Å². The van der Waals surface area contributed by atoms with E-state index >= 15 is 0 Å². The SMILES string of the molecule is CCC(c1nc(C)c(C)s1)n1ccnc1-c1ccsc1. The molecule has 0 bridgehead atoms. The van der Waals surface area contributed by atoms with Crippen LogP contribution in [0, 0.1) is 13.8 Å². The average molecular weight is 303 g/mol. The number of rotatable bonds is 4. The summed E-state index contributed by atoms with van der Waals surface area (Å²) in [5, 5.41) is 5.41. The number of aryl methyl sites for hydroxylation is 2. The Kier molecular flexibility index (Phi) is 3.72. The van der Waals surface area contributed by atoms with Crippen molar-refractivity contribution in [2.75, 3.05) is 0 Å². The molecule has 3 aromatic rings. The van der Waals surface area contributed by atoms with Crippen LogP contribution in [0.1, 0.15) is 35.0 Å². The lowest BCUT2D eigenvalue weighted by molar-refractivity contribution is 0.568. The molecule has 0 aliphatic rings. The van der Waals surface area contributed by atoms with Crippen molar-refractivity contribution in [2.24, 2.45) is 0 Å². The van der Waals surface area contributed by atoms with Gasteiger partial charge in [-0.3, -0.25) is 0 Å². The predicted molar refractivity (Wildman–Crippen MR) is 85.6 cm³/mol. The summed E-state index contributed by atoms with van der Waals surface area (Å²) in [7, 11) is 0. The molecule has 3 rings (SSSR count). The number of hydrogen-bond donors (Lipinski definition) is 0. The Bertz CT molecular complexity index is 675. The van der Waals surface area contributed by atoms with Crippen LogP contribution in [0.4, 0.5) is 0 Å². The molecule has 0 amide bonds. The van der Waals surface area contributed by atoms with Crippen LogP contribution in [0.2, 0.25) is 0 Å². The minimum absolute atomic E-state index is 0.268. The Morgan fingerprint density at radius 3 is 2.80 bits per heavy atom. The van der Waals surface area contributed by atoms with Crippen molar-refractivity contribution in [3.05, 3.63) is 44.8 Å². The number of aromatic nitrogens is 3. The Morgan fingerprint density at radius 1 is 1.35 bits per heavy atom. The summed E-state index contributed by atoms with van der Waals surface area (Å²) in [6.45, 7) is 6.42. The second-order valence-electron chi connectivity index (χ2n) is 4.79. The van der Waals surface area contributed by atoms with Crippen molar-refractivity contribution in [1.29, 1.82) is 0 Å². The fraction of sp³-hybridized carbons (Fsp3) is 0.333. The van der Waals surface area contributed by atoms with E-state index < -0.39 is 0 Å². The summed E-state index contributed by atoms with van der Waals surface area (Å²) >= 11 is 3.50.